The van der Waals surface area contributed by atoms with Gasteiger partial charge >= 0.3 is 0 Å². The van der Waals surface area contributed by atoms with Gasteiger partial charge in [-0.25, -0.2) is 0 Å². The van der Waals surface area contributed by atoms with Crippen LogP contribution < -0.4 is 10.6 Å². The largest absolute Gasteiger partial charge is 0.381 e. The summed E-state index contributed by atoms with van der Waals surface area (Å²) in [6, 6.07) is 1.41. The Morgan fingerprint density at radius 2 is 1.92 bits per heavy atom. The lowest BCUT2D eigenvalue weighted by atomic mass is 10.0. The van der Waals surface area contributed by atoms with Gasteiger partial charge in [0.05, 0.1) is 0 Å². The molecule has 0 amide bonds. The molecule has 0 aromatic heterocycles. The van der Waals surface area contributed by atoms with Gasteiger partial charge in [0.15, 0.2) is 0 Å². The zero-order valence-electron chi connectivity index (χ0n) is 8.22. The third kappa shape index (κ3) is 2.93. The summed E-state index contributed by atoms with van der Waals surface area (Å²) >= 11 is 0. The highest BCUT2D eigenvalue weighted by atomic mass is 16.5. The van der Waals surface area contributed by atoms with Crippen molar-refractivity contribution in [3.05, 3.63) is 0 Å². The van der Waals surface area contributed by atoms with E-state index in [9.17, 15) is 0 Å². The van der Waals surface area contributed by atoms with E-state index in [-0.39, 0.29) is 0 Å². The summed E-state index contributed by atoms with van der Waals surface area (Å²) in [5, 5.41) is 7.15. The average molecular weight is 184 g/mol. The minimum absolute atomic E-state index is 0.705. The van der Waals surface area contributed by atoms with Crippen LogP contribution in [0.5, 0.6) is 0 Å². The maximum absolute atomic E-state index is 5.33. The molecule has 0 aliphatic carbocycles. The summed E-state index contributed by atoms with van der Waals surface area (Å²) in [6.07, 6.45) is 5.04. The number of hydrogen-bond acceptors (Lipinski definition) is 3. The van der Waals surface area contributed by atoms with Crippen LogP contribution in [-0.2, 0) is 4.74 Å². The van der Waals surface area contributed by atoms with Crippen LogP contribution >= 0.6 is 0 Å². The zero-order valence-corrected chi connectivity index (χ0v) is 8.22. The molecule has 0 spiro atoms. The number of rotatable bonds is 2. The number of nitrogens with one attached hydrogen (secondary N) is 2. The summed E-state index contributed by atoms with van der Waals surface area (Å²) in [6.45, 7) is 4.24. The maximum Gasteiger partial charge on any atom is 0.0480 e. The lowest BCUT2D eigenvalue weighted by Gasteiger charge is -2.31. The van der Waals surface area contributed by atoms with E-state index in [0.29, 0.717) is 12.1 Å². The first-order chi connectivity index (χ1) is 6.45. The van der Waals surface area contributed by atoms with E-state index in [1.165, 1.54) is 32.2 Å². The van der Waals surface area contributed by atoms with E-state index in [1.54, 1.807) is 0 Å². The van der Waals surface area contributed by atoms with Crippen LogP contribution in [0.1, 0.15) is 25.7 Å². The van der Waals surface area contributed by atoms with Gasteiger partial charge in [0.1, 0.15) is 0 Å². The minimum atomic E-state index is 0.705. The highest BCUT2D eigenvalue weighted by Gasteiger charge is 2.19. The minimum Gasteiger partial charge on any atom is -0.381 e. The van der Waals surface area contributed by atoms with E-state index >= 15 is 0 Å². The molecule has 0 bridgehead atoms. The molecule has 2 aliphatic rings. The fraction of sp³-hybridized carbons (Fsp3) is 1.00. The van der Waals surface area contributed by atoms with Crippen LogP contribution in [0, 0.1) is 0 Å². The summed E-state index contributed by atoms with van der Waals surface area (Å²) in [7, 11) is 0. The first kappa shape index (κ1) is 9.44. The predicted molar refractivity (Wildman–Crippen MR) is 52.9 cm³/mol. The quantitative estimate of drug-likeness (QED) is 0.656. The fourth-order valence-corrected chi connectivity index (χ4v) is 2.19. The van der Waals surface area contributed by atoms with Gasteiger partial charge in [0, 0.05) is 31.8 Å². The Kier molecular flexibility index (Phi) is 3.58. The van der Waals surface area contributed by atoms with Gasteiger partial charge in [0.2, 0.25) is 0 Å². The second-order valence-corrected chi connectivity index (χ2v) is 4.10. The molecular formula is C10H20N2O. The van der Waals surface area contributed by atoms with Crippen molar-refractivity contribution in [2.75, 3.05) is 26.3 Å². The van der Waals surface area contributed by atoms with Gasteiger partial charge < -0.3 is 15.4 Å². The van der Waals surface area contributed by atoms with Crippen molar-refractivity contribution in [1.29, 1.82) is 0 Å². The average Bonchev–Trinajstić information content (AvgIpc) is 2.21. The molecule has 3 heteroatoms. The summed E-state index contributed by atoms with van der Waals surface area (Å²) in [5.41, 5.74) is 0. The van der Waals surface area contributed by atoms with Crippen molar-refractivity contribution in [3.63, 3.8) is 0 Å². The van der Waals surface area contributed by atoms with Crippen LogP contribution in [0.4, 0.5) is 0 Å². The van der Waals surface area contributed by atoms with Crippen LogP contribution in [0.15, 0.2) is 0 Å². The standard InChI is InChI=1S/C10H20N2O/c1-2-10(8-11-5-1)12-9-3-6-13-7-4-9/h9-12H,1-8H2/t10-/m0/s1. The summed E-state index contributed by atoms with van der Waals surface area (Å²) < 4.78 is 5.33. The molecule has 0 unspecified atom stereocenters. The maximum atomic E-state index is 5.33. The molecule has 2 heterocycles. The van der Waals surface area contributed by atoms with Crippen molar-refractivity contribution in [1.82, 2.24) is 10.6 Å². The molecule has 2 aliphatic heterocycles. The van der Waals surface area contributed by atoms with Crippen LogP contribution in [0.2, 0.25) is 0 Å². The molecule has 2 N–H and O–H groups in total. The van der Waals surface area contributed by atoms with Gasteiger partial charge in [-0.1, -0.05) is 0 Å². The molecule has 0 saturated carbocycles. The molecule has 1 atom stereocenters. The van der Waals surface area contributed by atoms with Crippen molar-refractivity contribution < 1.29 is 4.74 Å². The van der Waals surface area contributed by atoms with Crippen molar-refractivity contribution in [2.45, 2.75) is 37.8 Å². The Balaban J connectivity index is 1.69. The molecule has 2 rings (SSSR count). The highest BCUT2D eigenvalue weighted by molar-refractivity contribution is 4.80. The fourth-order valence-electron chi connectivity index (χ4n) is 2.19. The number of piperidine rings is 1. The van der Waals surface area contributed by atoms with E-state index in [0.717, 1.165) is 19.8 Å². The first-order valence-corrected chi connectivity index (χ1v) is 5.49. The lowest BCUT2D eigenvalue weighted by Crippen LogP contribution is -2.48. The molecule has 13 heavy (non-hydrogen) atoms. The second kappa shape index (κ2) is 4.94. The molecule has 0 aromatic rings. The van der Waals surface area contributed by atoms with Gasteiger partial charge in [-0.2, -0.15) is 0 Å². The number of hydrogen-bond donors (Lipinski definition) is 2. The summed E-state index contributed by atoms with van der Waals surface area (Å²) in [5.74, 6) is 0. The number of ether oxygens (including phenoxy) is 1. The Morgan fingerprint density at radius 3 is 2.62 bits per heavy atom. The van der Waals surface area contributed by atoms with Gasteiger partial charge in [-0.3, -0.25) is 0 Å². The van der Waals surface area contributed by atoms with E-state index in [2.05, 4.69) is 10.6 Å². The Labute approximate surface area is 80.2 Å². The normalized spacial score (nSPS) is 31.8. The topological polar surface area (TPSA) is 33.3 Å². The van der Waals surface area contributed by atoms with E-state index in [4.69, 9.17) is 4.74 Å². The van der Waals surface area contributed by atoms with Crippen LogP contribution in [0.25, 0.3) is 0 Å². The lowest BCUT2D eigenvalue weighted by molar-refractivity contribution is 0.0738. The third-order valence-corrected chi connectivity index (χ3v) is 2.99. The van der Waals surface area contributed by atoms with Crippen LogP contribution in [-0.4, -0.2) is 38.4 Å². The monoisotopic (exact) mass is 184 g/mol. The second-order valence-electron chi connectivity index (χ2n) is 4.10. The van der Waals surface area contributed by atoms with Gasteiger partial charge in [0.25, 0.3) is 0 Å². The smallest absolute Gasteiger partial charge is 0.0480 e. The summed E-state index contributed by atoms with van der Waals surface area (Å²) in [4.78, 5) is 0. The highest BCUT2D eigenvalue weighted by Crippen LogP contribution is 2.10. The molecule has 0 radical (unpaired) electrons. The van der Waals surface area contributed by atoms with Crippen molar-refractivity contribution in [3.8, 4) is 0 Å². The Morgan fingerprint density at radius 1 is 1.08 bits per heavy atom. The SMILES string of the molecule is C1CNC[C@@H](NC2CCOCC2)C1. The van der Waals surface area contributed by atoms with E-state index < -0.39 is 0 Å². The molecule has 2 fully saturated rings. The molecule has 0 aromatic carbocycles. The zero-order chi connectivity index (χ0) is 8.93. The van der Waals surface area contributed by atoms with E-state index in [1.807, 2.05) is 0 Å². The first-order valence-electron chi connectivity index (χ1n) is 5.49. The molecule has 76 valence electrons. The third-order valence-electron chi connectivity index (χ3n) is 2.99. The van der Waals surface area contributed by atoms with Crippen molar-refractivity contribution >= 4 is 0 Å². The van der Waals surface area contributed by atoms with Crippen molar-refractivity contribution in [2.24, 2.45) is 0 Å². The predicted octanol–water partition coefficient (Wildman–Crippen LogP) is 0.507. The Hall–Kier alpha value is -0.120. The molecule has 3 nitrogen and oxygen atoms in total. The molecule has 2 saturated heterocycles. The van der Waals surface area contributed by atoms with Gasteiger partial charge in [-0.05, 0) is 32.2 Å². The Bertz CT molecular complexity index is 124. The molecular weight excluding hydrogens is 164 g/mol. The van der Waals surface area contributed by atoms with Gasteiger partial charge in [-0.15, -0.1) is 0 Å². The van der Waals surface area contributed by atoms with Crippen LogP contribution in [0.3, 0.4) is 0 Å².